The van der Waals surface area contributed by atoms with E-state index < -0.39 is 5.97 Å². The van der Waals surface area contributed by atoms with Gasteiger partial charge in [0.2, 0.25) is 0 Å². The number of esters is 1. The molecule has 0 saturated heterocycles. The van der Waals surface area contributed by atoms with Gasteiger partial charge >= 0.3 is 5.97 Å². The molecule has 18 heavy (non-hydrogen) atoms. The van der Waals surface area contributed by atoms with E-state index in [0.717, 1.165) is 0 Å². The molecule has 0 N–H and O–H groups in total. The van der Waals surface area contributed by atoms with Crippen LogP contribution in [-0.2, 0) is 9.53 Å². The lowest BCUT2D eigenvalue weighted by Crippen LogP contribution is -1.99. The van der Waals surface area contributed by atoms with E-state index in [1.54, 1.807) is 32.0 Å². The Morgan fingerprint density at radius 2 is 1.94 bits per heavy atom. The van der Waals surface area contributed by atoms with Crippen molar-refractivity contribution in [2.45, 2.75) is 13.8 Å². The highest BCUT2D eigenvalue weighted by molar-refractivity contribution is 6.34. The summed E-state index contributed by atoms with van der Waals surface area (Å²) in [5.41, 5.74) is 1.31. The molecular formula is C14H12Cl2O2. The highest BCUT2D eigenvalue weighted by atomic mass is 35.5. The second-order valence-electron chi connectivity index (χ2n) is 3.49. The van der Waals surface area contributed by atoms with Gasteiger partial charge in [0.25, 0.3) is 0 Å². The molecule has 0 aromatic heterocycles. The molecule has 0 radical (unpaired) electrons. The summed E-state index contributed by atoms with van der Waals surface area (Å²) < 4.78 is 4.78. The molecule has 1 rings (SSSR count). The van der Waals surface area contributed by atoms with Crippen molar-refractivity contribution in [2.24, 2.45) is 0 Å². The van der Waals surface area contributed by atoms with Gasteiger partial charge in [-0.3, -0.25) is 0 Å². The van der Waals surface area contributed by atoms with Crippen LogP contribution in [0.15, 0.2) is 29.8 Å². The average molecular weight is 283 g/mol. The largest absolute Gasteiger partial charge is 0.463 e. The first-order chi connectivity index (χ1) is 8.51. The molecular weight excluding hydrogens is 271 g/mol. The third-order valence-electron chi connectivity index (χ3n) is 1.89. The second kappa shape index (κ2) is 7.10. The summed E-state index contributed by atoms with van der Waals surface area (Å²) in [6.07, 6.45) is 1.35. The van der Waals surface area contributed by atoms with Crippen molar-refractivity contribution in [3.8, 4) is 11.8 Å². The van der Waals surface area contributed by atoms with Gasteiger partial charge in [0.15, 0.2) is 0 Å². The Morgan fingerprint density at radius 3 is 2.50 bits per heavy atom. The number of rotatable bonds is 2. The maximum atomic E-state index is 11.2. The summed E-state index contributed by atoms with van der Waals surface area (Å²) in [4.78, 5) is 11.2. The fourth-order valence-electron chi connectivity index (χ4n) is 1.19. The molecule has 1 aromatic carbocycles. The quantitative estimate of drug-likeness (QED) is 0.468. The number of carbonyl (C=O) groups is 1. The van der Waals surface area contributed by atoms with Crippen LogP contribution in [0.3, 0.4) is 0 Å². The second-order valence-corrected chi connectivity index (χ2v) is 4.36. The van der Waals surface area contributed by atoms with E-state index in [4.69, 9.17) is 27.9 Å². The fraction of sp³-hybridized carbons (Fsp3) is 0.214. The van der Waals surface area contributed by atoms with E-state index in [1.807, 2.05) is 0 Å². The van der Waals surface area contributed by atoms with Gasteiger partial charge in [0.05, 0.1) is 6.61 Å². The van der Waals surface area contributed by atoms with Crippen molar-refractivity contribution in [3.63, 3.8) is 0 Å². The summed E-state index contributed by atoms with van der Waals surface area (Å²) in [7, 11) is 0. The summed E-state index contributed by atoms with van der Waals surface area (Å²) >= 11 is 11.7. The van der Waals surface area contributed by atoms with Crippen molar-refractivity contribution < 1.29 is 9.53 Å². The molecule has 0 heterocycles. The molecule has 0 fully saturated rings. The zero-order valence-corrected chi connectivity index (χ0v) is 11.6. The van der Waals surface area contributed by atoms with Crippen LogP contribution >= 0.6 is 23.2 Å². The van der Waals surface area contributed by atoms with Gasteiger partial charge in [-0.2, -0.15) is 0 Å². The Kier molecular flexibility index (Phi) is 5.77. The van der Waals surface area contributed by atoms with Gasteiger partial charge in [0.1, 0.15) is 0 Å². The predicted octanol–water partition coefficient (Wildman–Crippen LogP) is 3.85. The van der Waals surface area contributed by atoms with E-state index in [0.29, 0.717) is 27.8 Å². The average Bonchev–Trinajstić information content (AvgIpc) is 2.25. The normalized spacial score (nSPS) is 10.6. The molecule has 94 valence electrons. The first-order valence-electron chi connectivity index (χ1n) is 5.34. The molecule has 4 heteroatoms. The number of hydrogen-bond donors (Lipinski definition) is 0. The predicted molar refractivity (Wildman–Crippen MR) is 73.7 cm³/mol. The van der Waals surface area contributed by atoms with Crippen molar-refractivity contribution in [2.75, 3.05) is 6.61 Å². The van der Waals surface area contributed by atoms with Gasteiger partial charge in [-0.05, 0) is 32.0 Å². The van der Waals surface area contributed by atoms with E-state index in [9.17, 15) is 4.79 Å². The molecule has 1 aromatic rings. The number of halogens is 2. The monoisotopic (exact) mass is 282 g/mol. The van der Waals surface area contributed by atoms with Crippen LogP contribution in [0.5, 0.6) is 0 Å². The van der Waals surface area contributed by atoms with Crippen molar-refractivity contribution in [1.82, 2.24) is 0 Å². The zero-order chi connectivity index (χ0) is 13.5. The number of allylic oxidation sites excluding steroid dienone is 1. The SMILES string of the molecule is CCOC(=O)C=C(C)C#Cc1cc(Cl)cc(Cl)c1. The minimum Gasteiger partial charge on any atom is -0.463 e. The Morgan fingerprint density at radius 1 is 1.33 bits per heavy atom. The summed E-state index contributed by atoms with van der Waals surface area (Å²) in [5.74, 6) is 5.32. The van der Waals surface area contributed by atoms with Crippen LogP contribution in [0.25, 0.3) is 0 Å². The van der Waals surface area contributed by atoms with Crippen molar-refractivity contribution >= 4 is 29.2 Å². The number of hydrogen-bond acceptors (Lipinski definition) is 2. The zero-order valence-electron chi connectivity index (χ0n) is 10.1. The van der Waals surface area contributed by atoms with E-state index in [2.05, 4.69) is 11.8 Å². The molecule has 0 bridgehead atoms. The summed E-state index contributed by atoms with van der Waals surface area (Å²) in [5, 5.41) is 1.05. The number of ether oxygens (including phenoxy) is 1. The standard InChI is InChI=1S/C14H12Cl2O2/c1-3-18-14(17)6-10(2)4-5-11-7-12(15)9-13(16)8-11/h6-9H,3H2,1-2H3. The van der Waals surface area contributed by atoms with Gasteiger partial charge in [0, 0.05) is 27.3 Å². The highest BCUT2D eigenvalue weighted by Crippen LogP contribution is 2.18. The maximum Gasteiger partial charge on any atom is 0.331 e. The van der Waals surface area contributed by atoms with Gasteiger partial charge in [-0.25, -0.2) is 4.79 Å². The first-order valence-corrected chi connectivity index (χ1v) is 6.10. The van der Waals surface area contributed by atoms with Crippen LogP contribution in [0.2, 0.25) is 10.0 Å². The van der Waals surface area contributed by atoms with E-state index in [1.165, 1.54) is 6.08 Å². The molecule has 0 aliphatic heterocycles. The highest BCUT2D eigenvalue weighted by Gasteiger charge is 1.97. The Bertz CT molecular complexity index is 516. The molecule has 0 saturated carbocycles. The fourth-order valence-corrected chi connectivity index (χ4v) is 1.72. The summed E-state index contributed by atoms with van der Waals surface area (Å²) in [6, 6.07) is 5.05. The molecule has 0 atom stereocenters. The lowest BCUT2D eigenvalue weighted by Gasteiger charge is -1.96. The van der Waals surface area contributed by atoms with Gasteiger partial charge < -0.3 is 4.74 Å². The lowest BCUT2D eigenvalue weighted by atomic mass is 10.2. The topological polar surface area (TPSA) is 26.3 Å². The van der Waals surface area contributed by atoms with E-state index >= 15 is 0 Å². The minimum atomic E-state index is -0.395. The van der Waals surface area contributed by atoms with Crippen molar-refractivity contribution in [1.29, 1.82) is 0 Å². The Hall–Kier alpha value is -1.43. The molecule has 0 aliphatic rings. The third kappa shape index (κ3) is 5.27. The first kappa shape index (κ1) is 14.6. The Labute approximate surface area is 117 Å². The van der Waals surface area contributed by atoms with Crippen molar-refractivity contribution in [3.05, 3.63) is 45.5 Å². The lowest BCUT2D eigenvalue weighted by molar-refractivity contribution is -0.137. The molecule has 0 spiro atoms. The summed E-state index contributed by atoms with van der Waals surface area (Å²) in [6.45, 7) is 3.83. The molecule has 0 unspecified atom stereocenters. The van der Waals surface area contributed by atoms with E-state index in [-0.39, 0.29) is 0 Å². The molecule has 0 amide bonds. The van der Waals surface area contributed by atoms with Crippen LogP contribution in [0, 0.1) is 11.8 Å². The third-order valence-corrected chi connectivity index (χ3v) is 2.32. The van der Waals surface area contributed by atoms with Crippen LogP contribution in [0.1, 0.15) is 19.4 Å². The minimum absolute atomic E-state index is 0.347. The molecule has 0 aliphatic carbocycles. The maximum absolute atomic E-state index is 11.2. The van der Waals surface area contributed by atoms with Gasteiger partial charge in [-0.1, -0.05) is 35.0 Å². The van der Waals surface area contributed by atoms with Crippen LogP contribution in [-0.4, -0.2) is 12.6 Å². The number of benzene rings is 1. The Balaban J connectivity index is 2.84. The number of carbonyl (C=O) groups excluding carboxylic acids is 1. The smallest absolute Gasteiger partial charge is 0.331 e. The van der Waals surface area contributed by atoms with Crippen LogP contribution < -0.4 is 0 Å². The van der Waals surface area contributed by atoms with Crippen LogP contribution in [0.4, 0.5) is 0 Å². The molecule has 2 nitrogen and oxygen atoms in total. The van der Waals surface area contributed by atoms with Gasteiger partial charge in [-0.15, -0.1) is 0 Å².